The van der Waals surface area contributed by atoms with Gasteiger partial charge in [0.05, 0.1) is 0 Å². The summed E-state index contributed by atoms with van der Waals surface area (Å²) in [7, 11) is 1.17. The van der Waals surface area contributed by atoms with E-state index >= 15 is 0 Å². The van der Waals surface area contributed by atoms with Crippen LogP contribution in [0.5, 0.6) is 0 Å². The topological polar surface area (TPSA) is 0 Å². The zero-order valence-corrected chi connectivity index (χ0v) is 6.93. The van der Waals surface area contributed by atoms with E-state index in [1.807, 2.05) is 0 Å². The summed E-state index contributed by atoms with van der Waals surface area (Å²) in [6, 6.07) is 11.6. The molecule has 0 amide bonds. The maximum atomic E-state index is 2.27. The Morgan fingerprint density at radius 3 is 2.70 bits per heavy atom. The van der Waals surface area contributed by atoms with Gasteiger partial charge in [-0.25, -0.2) is 0 Å². The Kier molecular flexibility index (Phi) is 1.59. The molecular weight excluding hydrogens is 136 g/mol. The van der Waals surface area contributed by atoms with Gasteiger partial charge in [-0.2, -0.15) is 0 Å². The zero-order chi connectivity index (χ0) is 6.81. The first-order chi connectivity index (χ1) is 4.97. The smallest absolute Gasteiger partial charge is 0.0432 e. The summed E-state index contributed by atoms with van der Waals surface area (Å²) < 4.78 is 0. The third-order valence-electron chi connectivity index (χ3n) is 2.00. The first kappa shape index (κ1) is 6.17. The van der Waals surface area contributed by atoms with Gasteiger partial charge in [0.2, 0.25) is 0 Å². The van der Waals surface area contributed by atoms with E-state index in [0.717, 1.165) is 0 Å². The SMILES string of the molecule is c1ccc2c(c1)CC[Si]C2. The van der Waals surface area contributed by atoms with E-state index in [1.165, 1.54) is 28.0 Å². The molecule has 2 rings (SSSR count). The Morgan fingerprint density at radius 1 is 1.10 bits per heavy atom. The Hall–Kier alpha value is -0.563. The van der Waals surface area contributed by atoms with Crippen LogP contribution in [0, 0.1) is 0 Å². The number of fused-ring (bicyclic) bond motifs is 1. The van der Waals surface area contributed by atoms with Gasteiger partial charge in [-0.15, -0.1) is 0 Å². The van der Waals surface area contributed by atoms with E-state index in [9.17, 15) is 0 Å². The number of rotatable bonds is 0. The molecular formula is C9H10Si. The predicted octanol–water partition coefficient (Wildman–Crippen LogP) is 1.87. The molecule has 1 heterocycles. The van der Waals surface area contributed by atoms with Crippen LogP contribution in [0.4, 0.5) is 0 Å². The maximum Gasteiger partial charge on any atom is 0.0432 e. The van der Waals surface area contributed by atoms with Crippen LogP contribution in [0.1, 0.15) is 11.1 Å². The minimum atomic E-state index is 1.17. The minimum Gasteiger partial charge on any atom is -0.0620 e. The average Bonchev–Trinajstić information content (AvgIpc) is 2.05. The second-order valence-corrected chi connectivity index (χ2v) is 4.05. The number of aryl methyl sites for hydroxylation is 1. The highest BCUT2D eigenvalue weighted by Gasteiger charge is 2.06. The second kappa shape index (κ2) is 2.58. The van der Waals surface area contributed by atoms with Gasteiger partial charge in [0.25, 0.3) is 0 Å². The lowest BCUT2D eigenvalue weighted by molar-refractivity contribution is 1.04. The molecule has 0 aromatic heterocycles. The van der Waals surface area contributed by atoms with E-state index in [0.29, 0.717) is 0 Å². The number of hydrogen-bond donors (Lipinski definition) is 0. The molecule has 0 nitrogen and oxygen atoms in total. The molecule has 1 aliphatic rings. The average molecular weight is 146 g/mol. The van der Waals surface area contributed by atoms with Crippen molar-refractivity contribution < 1.29 is 0 Å². The van der Waals surface area contributed by atoms with E-state index in [2.05, 4.69) is 24.3 Å². The molecule has 1 aromatic rings. The number of benzene rings is 1. The predicted molar refractivity (Wildman–Crippen MR) is 44.4 cm³/mol. The molecule has 1 aliphatic heterocycles. The van der Waals surface area contributed by atoms with Crippen molar-refractivity contribution >= 4 is 9.52 Å². The molecule has 0 spiro atoms. The Morgan fingerprint density at radius 2 is 1.90 bits per heavy atom. The summed E-state index contributed by atoms with van der Waals surface area (Å²) in [4.78, 5) is 0. The van der Waals surface area contributed by atoms with Crippen LogP contribution in [0.3, 0.4) is 0 Å². The lowest BCUT2D eigenvalue weighted by Gasteiger charge is -2.13. The summed E-state index contributed by atoms with van der Waals surface area (Å²) in [5, 5.41) is 0. The van der Waals surface area contributed by atoms with Crippen molar-refractivity contribution in [3.05, 3.63) is 35.4 Å². The van der Waals surface area contributed by atoms with Crippen molar-refractivity contribution in [1.82, 2.24) is 0 Å². The van der Waals surface area contributed by atoms with Crippen LogP contribution in [0.25, 0.3) is 0 Å². The molecule has 0 saturated heterocycles. The highest BCUT2D eigenvalue weighted by Crippen LogP contribution is 2.16. The molecule has 0 bridgehead atoms. The fourth-order valence-electron chi connectivity index (χ4n) is 1.42. The second-order valence-electron chi connectivity index (χ2n) is 2.70. The van der Waals surface area contributed by atoms with Crippen molar-refractivity contribution in [2.75, 3.05) is 0 Å². The summed E-state index contributed by atoms with van der Waals surface area (Å²) in [6.45, 7) is 0. The molecule has 0 atom stereocenters. The minimum absolute atomic E-state index is 1.17. The van der Waals surface area contributed by atoms with Crippen LogP contribution in [0.15, 0.2) is 24.3 Å². The van der Waals surface area contributed by atoms with E-state index in [1.54, 1.807) is 11.1 Å². The largest absolute Gasteiger partial charge is 0.0620 e. The third kappa shape index (κ3) is 1.01. The molecule has 50 valence electrons. The van der Waals surface area contributed by atoms with Gasteiger partial charge >= 0.3 is 0 Å². The van der Waals surface area contributed by atoms with E-state index in [-0.39, 0.29) is 0 Å². The van der Waals surface area contributed by atoms with Gasteiger partial charge in [0.1, 0.15) is 0 Å². The highest BCUT2D eigenvalue weighted by molar-refractivity contribution is 6.35. The molecule has 0 saturated carbocycles. The van der Waals surface area contributed by atoms with Crippen molar-refractivity contribution in [2.24, 2.45) is 0 Å². The van der Waals surface area contributed by atoms with Crippen LogP contribution >= 0.6 is 0 Å². The van der Waals surface area contributed by atoms with Gasteiger partial charge in [-0.05, 0) is 23.6 Å². The summed E-state index contributed by atoms with van der Waals surface area (Å²) in [5.41, 5.74) is 3.17. The van der Waals surface area contributed by atoms with Crippen LogP contribution < -0.4 is 0 Å². The van der Waals surface area contributed by atoms with Crippen LogP contribution in [0.2, 0.25) is 6.04 Å². The lowest BCUT2D eigenvalue weighted by Crippen LogP contribution is -2.08. The first-order valence-corrected chi connectivity index (χ1v) is 5.16. The van der Waals surface area contributed by atoms with E-state index < -0.39 is 0 Å². The molecule has 0 unspecified atom stereocenters. The van der Waals surface area contributed by atoms with Crippen molar-refractivity contribution in [1.29, 1.82) is 0 Å². The Bertz CT molecular complexity index is 205. The fourth-order valence-corrected chi connectivity index (χ4v) is 2.66. The Balaban J connectivity index is 2.41. The fraction of sp³-hybridized carbons (Fsp3) is 0.333. The van der Waals surface area contributed by atoms with Gasteiger partial charge in [-0.1, -0.05) is 30.3 Å². The molecule has 0 aliphatic carbocycles. The van der Waals surface area contributed by atoms with E-state index in [4.69, 9.17) is 0 Å². The molecule has 1 heteroatoms. The van der Waals surface area contributed by atoms with Gasteiger partial charge in [0, 0.05) is 9.52 Å². The maximum absolute atomic E-state index is 2.27. The standard InChI is InChI=1S/C9H10Si/c1-2-4-9-7-10-6-5-8(9)3-1/h1-4H,5-7H2. The highest BCUT2D eigenvalue weighted by atomic mass is 28.2. The molecule has 0 fully saturated rings. The van der Waals surface area contributed by atoms with Crippen molar-refractivity contribution in [3.8, 4) is 0 Å². The van der Waals surface area contributed by atoms with Crippen molar-refractivity contribution in [2.45, 2.75) is 18.5 Å². The lowest BCUT2D eigenvalue weighted by atomic mass is 10.1. The first-order valence-electron chi connectivity index (χ1n) is 3.74. The molecule has 2 radical (unpaired) electrons. The zero-order valence-electron chi connectivity index (χ0n) is 5.93. The van der Waals surface area contributed by atoms with Crippen LogP contribution in [-0.4, -0.2) is 9.52 Å². The summed E-state index contributed by atoms with van der Waals surface area (Å²) >= 11 is 0. The van der Waals surface area contributed by atoms with Crippen molar-refractivity contribution in [3.63, 3.8) is 0 Å². The quantitative estimate of drug-likeness (QED) is 0.490. The molecule has 1 aromatic carbocycles. The third-order valence-corrected chi connectivity index (χ3v) is 3.24. The van der Waals surface area contributed by atoms with Gasteiger partial charge in [-0.3, -0.25) is 0 Å². The van der Waals surface area contributed by atoms with Gasteiger partial charge < -0.3 is 0 Å². The summed E-state index contributed by atoms with van der Waals surface area (Å²) in [5.74, 6) is 0. The Labute approximate surface area is 64.1 Å². The summed E-state index contributed by atoms with van der Waals surface area (Å²) in [6.07, 6.45) is 1.31. The number of hydrogen-bond acceptors (Lipinski definition) is 0. The monoisotopic (exact) mass is 146 g/mol. The van der Waals surface area contributed by atoms with Gasteiger partial charge in [0.15, 0.2) is 0 Å². The molecule has 0 N–H and O–H groups in total. The van der Waals surface area contributed by atoms with Crippen LogP contribution in [-0.2, 0) is 12.5 Å². The molecule has 10 heavy (non-hydrogen) atoms. The normalized spacial score (nSPS) is 16.4.